The van der Waals surface area contributed by atoms with Gasteiger partial charge < -0.3 is 20.1 Å². The number of carbonyl (C=O) groups excluding carboxylic acids is 2. The fourth-order valence-electron chi connectivity index (χ4n) is 2.52. The van der Waals surface area contributed by atoms with Gasteiger partial charge in [0, 0.05) is 17.4 Å². The van der Waals surface area contributed by atoms with Crippen molar-refractivity contribution in [3.8, 4) is 11.5 Å². The van der Waals surface area contributed by atoms with Gasteiger partial charge in [-0.2, -0.15) is 0 Å². The molecule has 0 radical (unpaired) electrons. The molecule has 0 spiro atoms. The van der Waals surface area contributed by atoms with Crippen LogP contribution in [0.25, 0.3) is 0 Å². The number of halogens is 1. The maximum atomic E-state index is 12.9. The number of fused-ring (bicyclic) bond motifs is 1. The van der Waals surface area contributed by atoms with E-state index in [1.165, 1.54) is 24.3 Å². The summed E-state index contributed by atoms with van der Waals surface area (Å²) >= 11 is 0. The zero-order valence-corrected chi connectivity index (χ0v) is 15.0. The second-order valence-electron chi connectivity index (χ2n) is 6.20. The predicted molar refractivity (Wildman–Crippen MR) is 98.3 cm³/mol. The molecule has 1 atom stereocenters. The van der Waals surface area contributed by atoms with Crippen LogP contribution < -0.4 is 20.1 Å². The van der Waals surface area contributed by atoms with Gasteiger partial charge in [0.15, 0.2) is 11.5 Å². The van der Waals surface area contributed by atoms with Gasteiger partial charge in [0.2, 0.25) is 18.6 Å². The molecule has 1 aliphatic heterocycles. The van der Waals surface area contributed by atoms with Crippen molar-refractivity contribution in [1.82, 2.24) is 4.90 Å². The summed E-state index contributed by atoms with van der Waals surface area (Å²) in [6.45, 7) is 1.87. The van der Waals surface area contributed by atoms with Crippen molar-refractivity contribution in [3.05, 3.63) is 48.3 Å². The molecule has 2 aromatic carbocycles. The van der Waals surface area contributed by atoms with Crippen LogP contribution in [0.1, 0.15) is 6.92 Å². The average Bonchev–Trinajstić information content (AvgIpc) is 3.10. The number of nitrogens with zero attached hydrogens (tertiary/aromatic N) is 1. The fourth-order valence-corrected chi connectivity index (χ4v) is 2.52. The normalized spacial score (nSPS) is 13.3. The van der Waals surface area contributed by atoms with Gasteiger partial charge in [-0.05, 0) is 50.4 Å². The van der Waals surface area contributed by atoms with Crippen LogP contribution >= 0.6 is 0 Å². The minimum Gasteiger partial charge on any atom is -0.454 e. The molecule has 0 aromatic heterocycles. The van der Waals surface area contributed by atoms with Crippen LogP contribution in [0, 0.1) is 5.82 Å². The van der Waals surface area contributed by atoms with E-state index in [-0.39, 0.29) is 31.0 Å². The lowest BCUT2D eigenvalue weighted by molar-refractivity contribution is -0.122. The van der Waals surface area contributed by atoms with Crippen molar-refractivity contribution in [2.24, 2.45) is 0 Å². The summed E-state index contributed by atoms with van der Waals surface area (Å²) in [5.41, 5.74) is 1.08. The van der Waals surface area contributed by atoms with Crippen LogP contribution in [0.4, 0.5) is 15.8 Å². The molecule has 2 N–H and O–H groups in total. The Kier molecular flexibility index (Phi) is 5.56. The molecule has 2 aromatic rings. The smallest absolute Gasteiger partial charge is 0.241 e. The molecule has 0 saturated carbocycles. The molecule has 142 valence electrons. The number of anilines is 2. The molecular weight excluding hydrogens is 353 g/mol. The molecule has 1 aliphatic rings. The summed E-state index contributed by atoms with van der Waals surface area (Å²) in [5.74, 6) is 0.278. The van der Waals surface area contributed by atoms with Gasteiger partial charge in [-0.15, -0.1) is 0 Å². The largest absolute Gasteiger partial charge is 0.454 e. The Balaban J connectivity index is 1.52. The zero-order chi connectivity index (χ0) is 19.4. The Morgan fingerprint density at radius 2 is 1.74 bits per heavy atom. The first-order valence-electron chi connectivity index (χ1n) is 8.38. The molecule has 0 bridgehead atoms. The highest BCUT2D eigenvalue weighted by molar-refractivity contribution is 5.96. The van der Waals surface area contributed by atoms with Crippen LogP contribution in [-0.2, 0) is 9.59 Å². The number of ether oxygens (including phenoxy) is 2. The van der Waals surface area contributed by atoms with Crippen molar-refractivity contribution in [3.63, 3.8) is 0 Å². The molecular formula is C19H20FN3O4. The monoisotopic (exact) mass is 373 g/mol. The summed E-state index contributed by atoms with van der Waals surface area (Å²) < 4.78 is 23.4. The van der Waals surface area contributed by atoms with E-state index in [4.69, 9.17) is 9.47 Å². The number of rotatable bonds is 6. The number of benzene rings is 2. The summed E-state index contributed by atoms with van der Waals surface area (Å²) in [5, 5.41) is 5.45. The van der Waals surface area contributed by atoms with E-state index < -0.39 is 6.04 Å². The number of nitrogens with one attached hydrogen (secondary N) is 2. The van der Waals surface area contributed by atoms with Crippen molar-refractivity contribution in [2.75, 3.05) is 31.0 Å². The molecule has 27 heavy (non-hydrogen) atoms. The van der Waals surface area contributed by atoms with E-state index >= 15 is 0 Å². The first kappa shape index (κ1) is 18.7. The van der Waals surface area contributed by atoms with E-state index in [0.29, 0.717) is 22.9 Å². The van der Waals surface area contributed by atoms with Crippen molar-refractivity contribution >= 4 is 23.2 Å². The third-order valence-electron chi connectivity index (χ3n) is 4.20. The summed E-state index contributed by atoms with van der Waals surface area (Å²) in [4.78, 5) is 26.2. The number of amides is 2. The highest BCUT2D eigenvalue weighted by Crippen LogP contribution is 2.34. The second-order valence-corrected chi connectivity index (χ2v) is 6.20. The van der Waals surface area contributed by atoms with Crippen LogP contribution in [0.15, 0.2) is 42.5 Å². The molecule has 3 rings (SSSR count). The SMILES string of the molecule is C[C@H](C(=O)Nc1ccc2c(c1)OCO2)N(C)CC(=O)Nc1ccc(F)cc1. The van der Waals surface area contributed by atoms with E-state index in [2.05, 4.69) is 10.6 Å². The first-order chi connectivity index (χ1) is 12.9. The van der Waals surface area contributed by atoms with E-state index in [9.17, 15) is 14.0 Å². The highest BCUT2D eigenvalue weighted by atomic mass is 19.1. The van der Waals surface area contributed by atoms with Gasteiger partial charge in [-0.1, -0.05) is 0 Å². The minimum atomic E-state index is -0.547. The minimum absolute atomic E-state index is 0.00705. The van der Waals surface area contributed by atoms with Crippen molar-refractivity contribution in [2.45, 2.75) is 13.0 Å². The number of carbonyl (C=O) groups is 2. The Morgan fingerprint density at radius 3 is 2.48 bits per heavy atom. The van der Waals surface area contributed by atoms with Crippen LogP contribution in [0.3, 0.4) is 0 Å². The van der Waals surface area contributed by atoms with Gasteiger partial charge in [0.05, 0.1) is 12.6 Å². The van der Waals surface area contributed by atoms with Gasteiger partial charge in [0.1, 0.15) is 5.82 Å². The molecule has 1 heterocycles. The lowest BCUT2D eigenvalue weighted by Crippen LogP contribution is -2.43. The number of likely N-dealkylation sites (N-methyl/N-ethyl adjacent to an activating group) is 1. The molecule has 2 amide bonds. The molecule has 0 fully saturated rings. The fraction of sp³-hybridized carbons (Fsp3) is 0.263. The third kappa shape index (κ3) is 4.73. The van der Waals surface area contributed by atoms with E-state index in [1.54, 1.807) is 37.1 Å². The molecule has 0 saturated heterocycles. The second kappa shape index (κ2) is 8.05. The third-order valence-corrected chi connectivity index (χ3v) is 4.20. The van der Waals surface area contributed by atoms with Crippen LogP contribution in [0.2, 0.25) is 0 Å². The highest BCUT2D eigenvalue weighted by Gasteiger charge is 2.21. The van der Waals surface area contributed by atoms with Crippen LogP contribution in [0.5, 0.6) is 11.5 Å². The summed E-state index contributed by atoms with van der Waals surface area (Å²) in [6, 6.07) is 10.1. The average molecular weight is 373 g/mol. The summed E-state index contributed by atoms with van der Waals surface area (Å²) in [6.07, 6.45) is 0. The molecule has 7 nitrogen and oxygen atoms in total. The molecule has 8 heteroatoms. The summed E-state index contributed by atoms with van der Waals surface area (Å²) in [7, 11) is 1.67. The van der Waals surface area contributed by atoms with Crippen molar-refractivity contribution in [1.29, 1.82) is 0 Å². The first-order valence-corrected chi connectivity index (χ1v) is 8.38. The van der Waals surface area contributed by atoms with Gasteiger partial charge in [0.25, 0.3) is 0 Å². The topological polar surface area (TPSA) is 79.9 Å². The molecule has 0 aliphatic carbocycles. The van der Waals surface area contributed by atoms with Gasteiger partial charge in [-0.25, -0.2) is 4.39 Å². The molecule has 0 unspecified atom stereocenters. The van der Waals surface area contributed by atoms with E-state index in [1.807, 2.05) is 0 Å². The maximum Gasteiger partial charge on any atom is 0.241 e. The van der Waals surface area contributed by atoms with Gasteiger partial charge in [-0.3, -0.25) is 14.5 Å². The Morgan fingerprint density at radius 1 is 1.07 bits per heavy atom. The number of hydrogen-bond acceptors (Lipinski definition) is 5. The lowest BCUT2D eigenvalue weighted by atomic mass is 10.2. The Labute approximate surface area is 156 Å². The quantitative estimate of drug-likeness (QED) is 0.813. The standard InChI is InChI=1S/C19H20FN3O4/c1-12(19(25)22-15-7-8-16-17(9-15)27-11-26-16)23(2)10-18(24)21-14-5-3-13(20)4-6-14/h3-9,12H,10-11H2,1-2H3,(H,21,24)(H,22,25)/t12-/m1/s1. The maximum absolute atomic E-state index is 12.9. The van der Waals surface area contributed by atoms with Gasteiger partial charge >= 0.3 is 0 Å². The Bertz CT molecular complexity index is 841. The zero-order valence-electron chi connectivity index (χ0n) is 15.0. The van der Waals surface area contributed by atoms with Crippen molar-refractivity contribution < 1.29 is 23.5 Å². The number of hydrogen-bond donors (Lipinski definition) is 2. The predicted octanol–water partition coefficient (Wildman–Crippen LogP) is 2.45. The van der Waals surface area contributed by atoms with Crippen LogP contribution in [-0.4, -0.2) is 43.1 Å². The Hall–Kier alpha value is -3.13. The lowest BCUT2D eigenvalue weighted by Gasteiger charge is -2.23. The van der Waals surface area contributed by atoms with E-state index in [0.717, 1.165) is 0 Å².